The first-order valence-corrected chi connectivity index (χ1v) is 5.66. The van der Waals surface area contributed by atoms with E-state index in [1.165, 1.54) is 6.07 Å². The Morgan fingerprint density at radius 3 is 2.75 bits per heavy atom. The normalized spacial score (nSPS) is 10.7. The van der Waals surface area contributed by atoms with Crippen molar-refractivity contribution in [1.82, 2.24) is 4.98 Å². The highest BCUT2D eigenvalue weighted by Crippen LogP contribution is 2.27. The summed E-state index contributed by atoms with van der Waals surface area (Å²) in [5, 5.41) is 9.86. The minimum absolute atomic E-state index is 0.166. The van der Waals surface area contributed by atoms with Crippen LogP contribution in [0.5, 0.6) is 0 Å². The van der Waals surface area contributed by atoms with Crippen molar-refractivity contribution in [2.24, 2.45) is 0 Å². The van der Waals surface area contributed by atoms with Gasteiger partial charge < -0.3 is 5.11 Å². The number of carboxylic acids is 1. The number of benzene rings is 1. The average molecular weight is 301 g/mol. The van der Waals surface area contributed by atoms with Gasteiger partial charge in [0.2, 0.25) is 0 Å². The Labute approximate surface area is 105 Å². The largest absolute Gasteiger partial charge is 0.478 e. The third-order valence-electron chi connectivity index (χ3n) is 2.27. The maximum Gasteiger partial charge on any atom is 0.336 e. The van der Waals surface area contributed by atoms with Crippen molar-refractivity contribution in [2.45, 2.75) is 6.92 Å². The summed E-state index contributed by atoms with van der Waals surface area (Å²) >= 11 is 9.12. The summed E-state index contributed by atoms with van der Waals surface area (Å²) in [6.07, 6.45) is 0. The number of hydrogen-bond acceptors (Lipinski definition) is 2. The van der Waals surface area contributed by atoms with E-state index in [4.69, 9.17) is 16.7 Å². The number of aryl methyl sites for hydroxylation is 1. The van der Waals surface area contributed by atoms with Gasteiger partial charge in [-0.25, -0.2) is 9.78 Å². The molecule has 0 amide bonds. The summed E-state index contributed by atoms with van der Waals surface area (Å²) in [4.78, 5) is 15.2. The lowest BCUT2D eigenvalue weighted by atomic mass is 10.1. The fourth-order valence-corrected chi connectivity index (χ4v) is 2.37. The molecule has 82 valence electrons. The number of carbonyl (C=O) groups is 1. The van der Waals surface area contributed by atoms with Gasteiger partial charge in [-0.2, -0.15) is 0 Å². The van der Waals surface area contributed by atoms with Crippen LogP contribution in [0.1, 0.15) is 15.9 Å². The molecule has 0 spiro atoms. The molecular formula is C11H7BrClNO2. The van der Waals surface area contributed by atoms with Gasteiger partial charge in [0.05, 0.1) is 11.1 Å². The van der Waals surface area contributed by atoms with E-state index < -0.39 is 5.97 Å². The minimum Gasteiger partial charge on any atom is -0.478 e. The summed E-state index contributed by atoms with van der Waals surface area (Å²) in [6.45, 7) is 1.86. The number of hydrogen-bond donors (Lipinski definition) is 1. The van der Waals surface area contributed by atoms with Gasteiger partial charge in [-0.15, -0.1) is 0 Å². The zero-order chi connectivity index (χ0) is 11.9. The van der Waals surface area contributed by atoms with E-state index in [0.29, 0.717) is 10.9 Å². The Bertz CT molecular complexity index is 598. The van der Waals surface area contributed by atoms with Gasteiger partial charge in [0, 0.05) is 9.86 Å². The second kappa shape index (κ2) is 4.03. The van der Waals surface area contributed by atoms with Crippen molar-refractivity contribution < 1.29 is 9.90 Å². The number of nitrogens with zero attached hydrogens (tertiary/aromatic N) is 1. The Morgan fingerprint density at radius 1 is 1.44 bits per heavy atom. The molecular weight excluding hydrogens is 293 g/mol. The van der Waals surface area contributed by atoms with Crippen molar-refractivity contribution in [2.75, 3.05) is 0 Å². The second-order valence-electron chi connectivity index (χ2n) is 3.42. The molecule has 1 heterocycles. The molecule has 5 heteroatoms. The molecule has 2 aromatic rings. The van der Waals surface area contributed by atoms with Crippen molar-refractivity contribution in [3.63, 3.8) is 0 Å². The molecule has 3 nitrogen and oxygen atoms in total. The van der Waals surface area contributed by atoms with Gasteiger partial charge in [-0.1, -0.05) is 27.5 Å². The highest BCUT2D eigenvalue weighted by atomic mass is 79.9. The SMILES string of the molecule is Cc1cc(Br)cc2c(C(=O)O)cc(Cl)nc12. The smallest absolute Gasteiger partial charge is 0.336 e. The van der Waals surface area contributed by atoms with E-state index in [1.54, 1.807) is 6.07 Å². The van der Waals surface area contributed by atoms with Crippen LogP contribution < -0.4 is 0 Å². The van der Waals surface area contributed by atoms with Crippen LogP contribution in [0.4, 0.5) is 0 Å². The summed E-state index contributed by atoms with van der Waals surface area (Å²) < 4.78 is 0.823. The van der Waals surface area contributed by atoms with Gasteiger partial charge in [0.15, 0.2) is 0 Å². The number of aromatic carboxylic acids is 1. The van der Waals surface area contributed by atoms with Crippen LogP contribution in [0, 0.1) is 6.92 Å². The van der Waals surface area contributed by atoms with Crippen molar-refractivity contribution in [3.8, 4) is 0 Å². The lowest BCUT2D eigenvalue weighted by molar-refractivity contribution is 0.0699. The first kappa shape index (κ1) is 11.4. The van der Waals surface area contributed by atoms with Crippen molar-refractivity contribution in [1.29, 1.82) is 0 Å². The minimum atomic E-state index is -1.01. The van der Waals surface area contributed by atoms with E-state index in [1.807, 2.05) is 13.0 Å². The molecule has 0 aliphatic rings. The molecule has 0 bridgehead atoms. The maximum absolute atomic E-state index is 11.1. The molecule has 0 saturated carbocycles. The van der Waals surface area contributed by atoms with Gasteiger partial charge >= 0.3 is 5.97 Å². The molecule has 1 N–H and O–H groups in total. The Hall–Kier alpha value is -1.13. The first-order valence-electron chi connectivity index (χ1n) is 4.48. The van der Waals surface area contributed by atoms with Crippen LogP contribution in [0.3, 0.4) is 0 Å². The highest BCUT2D eigenvalue weighted by molar-refractivity contribution is 9.10. The van der Waals surface area contributed by atoms with E-state index in [2.05, 4.69) is 20.9 Å². The highest BCUT2D eigenvalue weighted by Gasteiger charge is 2.13. The van der Waals surface area contributed by atoms with Crippen molar-refractivity contribution in [3.05, 3.63) is 39.0 Å². The number of aromatic nitrogens is 1. The number of carboxylic acid groups (broad SMARTS) is 1. The molecule has 0 atom stereocenters. The van der Waals surface area contributed by atoms with Gasteiger partial charge in [-0.05, 0) is 30.7 Å². The quantitative estimate of drug-likeness (QED) is 0.818. The molecule has 0 radical (unpaired) electrons. The predicted molar refractivity (Wildman–Crippen MR) is 66.1 cm³/mol. The first-order chi connectivity index (χ1) is 7.49. The van der Waals surface area contributed by atoms with Crippen LogP contribution in [-0.4, -0.2) is 16.1 Å². The number of rotatable bonds is 1. The molecule has 16 heavy (non-hydrogen) atoms. The average Bonchev–Trinajstić information content (AvgIpc) is 2.18. The number of fused-ring (bicyclic) bond motifs is 1. The van der Waals surface area contributed by atoms with Crippen LogP contribution in [0.2, 0.25) is 5.15 Å². The van der Waals surface area contributed by atoms with Crippen LogP contribution in [0.15, 0.2) is 22.7 Å². The molecule has 0 saturated heterocycles. The molecule has 2 rings (SSSR count). The maximum atomic E-state index is 11.1. The molecule has 1 aromatic heterocycles. The summed E-state index contributed by atoms with van der Waals surface area (Å²) in [7, 11) is 0. The fourth-order valence-electron chi connectivity index (χ4n) is 1.60. The van der Waals surface area contributed by atoms with Crippen molar-refractivity contribution >= 4 is 44.4 Å². The second-order valence-corrected chi connectivity index (χ2v) is 4.72. The molecule has 0 unspecified atom stereocenters. The van der Waals surface area contributed by atoms with Crippen LogP contribution >= 0.6 is 27.5 Å². The Morgan fingerprint density at radius 2 is 2.12 bits per heavy atom. The van der Waals surface area contributed by atoms with Gasteiger partial charge in [-0.3, -0.25) is 0 Å². The Kier molecular flexibility index (Phi) is 2.86. The van der Waals surface area contributed by atoms with E-state index in [0.717, 1.165) is 10.0 Å². The topological polar surface area (TPSA) is 50.2 Å². The monoisotopic (exact) mass is 299 g/mol. The zero-order valence-corrected chi connectivity index (χ0v) is 10.6. The van der Waals surface area contributed by atoms with Crippen LogP contribution in [0.25, 0.3) is 10.9 Å². The molecule has 0 aliphatic heterocycles. The summed E-state index contributed by atoms with van der Waals surface area (Å²) in [5.74, 6) is -1.01. The third-order valence-corrected chi connectivity index (χ3v) is 2.92. The van der Waals surface area contributed by atoms with Gasteiger partial charge in [0.1, 0.15) is 5.15 Å². The lowest BCUT2D eigenvalue weighted by Crippen LogP contribution is -2.00. The van der Waals surface area contributed by atoms with E-state index in [-0.39, 0.29) is 10.7 Å². The molecule has 0 aliphatic carbocycles. The van der Waals surface area contributed by atoms with Crippen LogP contribution in [-0.2, 0) is 0 Å². The zero-order valence-electron chi connectivity index (χ0n) is 8.29. The fraction of sp³-hybridized carbons (Fsp3) is 0.0909. The predicted octanol–water partition coefficient (Wildman–Crippen LogP) is 3.66. The summed E-state index contributed by atoms with van der Waals surface area (Å²) in [5.41, 5.74) is 1.67. The Balaban J connectivity index is 2.95. The standard InChI is InChI=1S/C11H7BrClNO2/c1-5-2-6(12)3-7-8(11(15)16)4-9(13)14-10(5)7/h2-4H,1H3,(H,15,16). The molecule has 1 aromatic carbocycles. The summed E-state index contributed by atoms with van der Waals surface area (Å²) in [6, 6.07) is 4.96. The lowest BCUT2D eigenvalue weighted by Gasteiger charge is -2.06. The van der Waals surface area contributed by atoms with Gasteiger partial charge in [0.25, 0.3) is 0 Å². The third kappa shape index (κ3) is 1.90. The van der Waals surface area contributed by atoms with E-state index >= 15 is 0 Å². The molecule has 0 fully saturated rings. The number of halogens is 2. The van der Waals surface area contributed by atoms with E-state index in [9.17, 15) is 4.79 Å². The number of pyridine rings is 1.